The number of rotatable bonds is 4. The number of oxime groups is 1. The van der Waals surface area contributed by atoms with Crippen LogP contribution in [0.3, 0.4) is 0 Å². The monoisotopic (exact) mass is 416 g/mol. The second kappa shape index (κ2) is 7.93. The number of piperidine rings is 1. The van der Waals surface area contributed by atoms with Crippen LogP contribution in [0.1, 0.15) is 34.7 Å². The smallest absolute Gasteiger partial charge is 0.391 e. The summed E-state index contributed by atoms with van der Waals surface area (Å²) >= 11 is 0. The highest BCUT2D eigenvalue weighted by atomic mass is 19.4. The second-order valence-electron chi connectivity index (χ2n) is 7.37. The highest BCUT2D eigenvalue weighted by Crippen LogP contribution is 2.37. The Kier molecular flexibility index (Phi) is 5.32. The first kappa shape index (κ1) is 20.1. The maximum absolute atomic E-state index is 12.8. The van der Waals surface area contributed by atoms with E-state index in [1.165, 1.54) is 18.3 Å². The van der Waals surface area contributed by atoms with Crippen molar-refractivity contribution in [2.45, 2.75) is 31.7 Å². The number of halogens is 3. The molecule has 2 atom stereocenters. The number of hydrogen-bond acceptors (Lipinski definition) is 4. The summed E-state index contributed by atoms with van der Waals surface area (Å²) < 4.78 is 37.7. The molecule has 30 heavy (non-hydrogen) atoms. The number of ketones is 1. The molecule has 0 spiro atoms. The van der Waals surface area contributed by atoms with Gasteiger partial charge in [-0.05, 0) is 35.2 Å². The number of carbonyl (C=O) groups is 2. The number of hydrogen-bond donors (Lipinski definition) is 0. The van der Waals surface area contributed by atoms with Crippen molar-refractivity contribution in [3.63, 3.8) is 0 Å². The van der Waals surface area contributed by atoms with E-state index in [1.54, 1.807) is 4.90 Å². The molecule has 156 valence electrons. The molecular weight excluding hydrogens is 397 g/mol. The van der Waals surface area contributed by atoms with Gasteiger partial charge in [0.1, 0.15) is 12.5 Å². The van der Waals surface area contributed by atoms with Gasteiger partial charge in [0.05, 0.1) is 17.8 Å². The third-order valence-corrected chi connectivity index (χ3v) is 5.50. The van der Waals surface area contributed by atoms with Crippen molar-refractivity contribution in [3.8, 4) is 0 Å². The fourth-order valence-corrected chi connectivity index (χ4v) is 3.92. The zero-order valence-corrected chi connectivity index (χ0v) is 15.9. The highest BCUT2D eigenvalue weighted by Gasteiger charge is 2.43. The van der Waals surface area contributed by atoms with Gasteiger partial charge in [0.2, 0.25) is 5.91 Å². The lowest BCUT2D eigenvalue weighted by Crippen LogP contribution is -2.51. The molecule has 0 saturated carbocycles. The lowest BCUT2D eigenvalue weighted by molar-refractivity contribution is -0.146. The summed E-state index contributed by atoms with van der Waals surface area (Å²) in [5, 5.41) is 3.73. The zero-order valence-electron chi connectivity index (χ0n) is 15.9. The molecule has 1 amide bonds. The Morgan fingerprint density at radius 2 is 1.83 bits per heavy atom. The van der Waals surface area contributed by atoms with Crippen molar-refractivity contribution in [2.24, 2.45) is 11.1 Å². The van der Waals surface area contributed by atoms with Crippen LogP contribution in [0.5, 0.6) is 0 Å². The van der Waals surface area contributed by atoms with E-state index in [9.17, 15) is 22.8 Å². The van der Waals surface area contributed by atoms with Gasteiger partial charge >= 0.3 is 6.18 Å². The maximum Gasteiger partial charge on any atom is 0.416 e. The SMILES string of the molecule is O=C1CC2c3ccccc3CCN2C(=O)C1C=NOCc1ccc(C(F)(F)F)cc1. The summed E-state index contributed by atoms with van der Waals surface area (Å²) in [6.07, 6.45) is -2.25. The normalized spacial score (nSPS) is 21.5. The summed E-state index contributed by atoms with van der Waals surface area (Å²) in [5.74, 6) is -1.52. The quantitative estimate of drug-likeness (QED) is 0.431. The summed E-state index contributed by atoms with van der Waals surface area (Å²) in [7, 11) is 0. The average molecular weight is 416 g/mol. The van der Waals surface area contributed by atoms with Gasteiger partial charge in [-0.2, -0.15) is 13.2 Å². The van der Waals surface area contributed by atoms with Crippen molar-refractivity contribution in [1.29, 1.82) is 0 Å². The van der Waals surface area contributed by atoms with Crippen LogP contribution in [0, 0.1) is 5.92 Å². The molecule has 2 unspecified atom stereocenters. The maximum atomic E-state index is 12.8. The number of Topliss-reactive ketones (excluding diaryl/α,β-unsaturated/α-hetero) is 1. The van der Waals surface area contributed by atoms with Gasteiger partial charge in [-0.3, -0.25) is 9.59 Å². The van der Waals surface area contributed by atoms with Gasteiger partial charge in [0.15, 0.2) is 5.78 Å². The zero-order chi connectivity index (χ0) is 21.3. The van der Waals surface area contributed by atoms with Gasteiger partial charge in [0, 0.05) is 13.0 Å². The van der Waals surface area contributed by atoms with E-state index in [-0.39, 0.29) is 30.8 Å². The van der Waals surface area contributed by atoms with Gasteiger partial charge in [0.25, 0.3) is 0 Å². The molecule has 0 aromatic heterocycles. The number of benzene rings is 2. The molecule has 4 rings (SSSR count). The molecule has 1 saturated heterocycles. The largest absolute Gasteiger partial charge is 0.416 e. The summed E-state index contributed by atoms with van der Waals surface area (Å²) in [4.78, 5) is 32.2. The molecule has 2 aliphatic heterocycles. The molecule has 0 radical (unpaired) electrons. The Morgan fingerprint density at radius 3 is 2.57 bits per heavy atom. The minimum absolute atomic E-state index is 0.0660. The Hall–Kier alpha value is -3.16. The molecule has 2 heterocycles. The summed E-state index contributed by atoms with van der Waals surface area (Å²) in [6, 6.07) is 12.1. The van der Waals surface area contributed by atoms with Gasteiger partial charge in [-0.1, -0.05) is 41.6 Å². The van der Waals surface area contributed by atoms with E-state index < -0.39 is 17.7 Å². The first-order valence-electron chi connectivity index (χ1n) is 9.57. The molecule has 0 bridgehead atoms. The Bertz CT molecular complexity index is 986. The lowest BCUT2D eigenvalue weighted by atomic mass is 9.82. The number of nitrogens with zero attached hydrogens (tertiary/aromatic N) is 2. The topological polar surface area (TPSA) is 59.0 Å². The van der Waals surface area contributed by atoms with Gasteiger partial charge < -0.3 is 9.74 Å². The third kappa shape index (κ3) is 3.94. The highest BCUT2D eigenvalue weighted by molar-refractivity contribution is 6.15. The number of fused-ring (bicyclic) bond motifs is 3. The van der Waals surface area contributed by atoms with E-state index in [1.807, 2.05) is 24.3 Å². The van der Waals surface area contributed by atoms with Crippen molar-refractivity contribution < 1.29 is 27.6 Å². The minimum atomic E-state index is -4.40. The fraction of sp³-hybridized carbons (Fsp3) is 0.318. The molecule has 0 N–H and O–H groups in total. The van der Waals surface area contributed by atoms with Crippen LogP contribution in [0.2, 0.25) is 0 Å². The average Bonchev–Trinajstić information content (AvgIpc) is 2.72. The third-order valence-electron chi connectivity index (χ3n) is 5.50. The Morgan fingerprint density at radius 1 is 1.10 bits per heavy atom. The van der Waals surface area contributed by atoms with Crippen LogP contribution in [-0.2, 0) is 33.6 Å². The van der Waals surface area contributed by atoms with E-state index >= 15 is 0 Å². The van der Waals surface area contributed by atoms with Crippen LogP contribution in [0.25, 0.3) is 0 Å². The van der Waals surface area contributed by atoms with Gasteiger partial charge in [-0.25, -0.2) is 0 Å². The van der Waals surface area contributed by atoms with Crippen LogP contribution < -0.4 is 0 Å². The van der Waals surface area contributed by atoms with Crippen molar-refractivity contribution in [2.75, 3.05) is 6.54 Å². The summed E-state index contributed by atoms with van der Waals surface area (Å²) in [5.41, 5.74) is 1.92. The Labute approximate surface area is 171 Å². The van der Waals surface area contributed by atoms with Crippen LogP contribution in [0.4, 0.5) is 13.2 Å². The standard InChI is InChI=1S/C22H19F3N2O3/c23-22(24,25)16-7-5-14(6-8-16)13-30-26-12-18-20(28)11-19-17-4-2-1-3-15(17)9-10-27(19)21(18)29/h1-8,12,18-19H,9-11,13H2. The summed E-state index contributed by atoms with van der Waals surface area (Å²) in [6.45, 7) is 0.480. The predicted molar refractivity (Wildman–Crippen MR) is 102 cm³/mol. The molecule has 8 heteroatoms. The van der Waals surface area contributed by atoms with E-state index in [2.05, 4.69) is 5.16 Å². The minimum Gasteiger partial charge on any atom is -0.391 e. The van der Waals surface area contributed by atoms with Crippen molar-refractivity contribution in [1.82, 2.24) is 4.90 Å². The van der Waals surface area contributed by atoms with Crippen LogP contribution >= 0.6 is 0 Å². The van der Waals surface area contributed by atoms with Crippen LogP contribution in [-0.4, -0.2) is 29.3 Å². The molecule has 0 aliphatic carbocycles. The molecule has 2 aromatic rings. The molecule has 5 nitrogen and oxygen atoms in total. The molecule has 2 aliphatic rings. The van der Waals surface area contributed by atoms with E-state index in [4.69, 9.17) is 4.84 Å². The lowest BCUT2D eigenvalue weighted by Gasteiger charge is -2.41. The van der Waals surface area contributed by atoms with Crippen molar-refractivity contribution in [3.05, 3.63) is 70.8 Å². The second-order valence-corrected chi connectivity index (χ2v) is 7.37. The number of carbonyl (C=O) groups excluding carboxylic acids is 2. The van der Waals surface area contributed by atoms with Crippen LogP contribution in [0.15, 0.2) is 53.7 Å². The van der Waals surface area contributed by atoms with E-state index in [0.29, 0.717) is 12.1 Å². The first-order valence-corrected chi connectivity index (χ1v) is 9.57. The predicted octanol–water partition coefficient (Wildman–Crippen LogP) is 3.92. The number of alkyl halides is 3. The molecule has 1 fully saturated rings. The first-order chi connectivity index (χ1) is 14.3. The molecular formula is C22H19F3N2O3. The molecule has 2 aromatic carbocycles. The van der Waals surface area contributed by atoms with E-state index in [0.717, 1.165) is 29.7 Å². The number of amides is 1. The fourth-order valence-electron chi connectivity index (χ4n) is 3.92. The Balaban J connectivity index is 1.38. The van der Waals surface area contributed by atoms with Gasteiger partial charge in [-0.15, -0.1) is 0 Å². The van der Waals surface area contributed by atoms with Crippen molar-refractivity contribution >= 4 is 17.9 Å².